The minimum absolute atomic E-state index is 0.133. The van der Waals surface area contributed by atoms with Gasteiger partial charge < -0.3 is 9.88 Å². The van der Waals surface area contributed by atoms with Gasteiger partial charge in [0.2, 0.25) is 0 Å². The molecule has 1 N–H and O–H groups in total. The molecule has 0 radical (unpaired) electrons. The SMILES string of the molecule is O=C(NCCc1ccccc1)c1cc(Br)c(=O)n(CCc2ccccc2)c1. The van der Waals surface area contributed by atoms with Gasteiger partial charge in [0.1, 0.15) is 0 Å². The number of halogens is 1. The van der Waals surface area contributed by atoms with Gasteiger partial charge in [-0.05, 0) is 46.0 Å². The lowest BCUT2D eigenvalue weighted by Crippen LogP contribution is -2.29. The third kappa shape index (κ3) is 5.41. The first kappa shape index (κ1) is 19.1. The third-order valence-electron chi connectivity index (χ3n) is 4.33. The molecule has 0 saturated heterocycles. The van der Waals surface area contributed by atoms with Crippen LogP contribution in [-0.2, 0) is 19.4 Å². The van der Waals surface area contributed by atoms with Gasteiger partial charge in [-0.15, -0.1) is 0 Å². The van der Waals surface area contributed by atoms with Crippen LogP contribution >= 0.6 is 15.9 Å². The number of carbonyl (C=O) groups excluding carboxylic acids is 1. The number of benzene rings is 2. The number of amides is 1. The largest absolute Gasteiger partial charge is 0.352 e. The maximum absolute atomic E-state index is 12.5. The highest BCUT2D eigenvalue weighted by molar-refractivity contribution is 9.10. The van der Waals surface area contributed by atoms with E-state index in [-0.39, 0.29) is 11.5 Å². The summed E-state index contributed by atoms with van der Waals surface area (Å²) in [5.41, 5.74) is 2.67. The van der Waals surface area contributed by atoms with Crippen LogP contribution in [0.5, 0.6) is 0 Å². The Hall–Kier alpha value is -2.66. The average molecular weight is 425 g/mol. The number of aryl methyl sites for hydroxylation is 2. The van der Waals surface area contributed by atoms with Crippen LogP contribution in [0, 0.1) is 0 Å². The second-order valence-electron chi connectivity index (χ2n) is 6.30. The molecule has 138 valence electrons. The molecule has 0 aliphatic heterocycles. The summed E-state index contributed by atoms with van der Waals surface area (Å²) in [5.74, 6) is -0.180. The molecule has 1 aromatic heterocycles. The van der Waals surface area contributed by atoms with E-state index < -0.39 is 0 Å². The smallest absolute Gasteiger partial charge is 0.264 e. The van der Waals surface area contributed by atoms with E-state index in [1.54, 1.807) is 16.8 Å². The van der Waals surface area contributed by atoms with Crippen molar-refractivity contribution < 1.29 is 4.79 Å². The van der Waals surface area contributed by atoms with E-state index in [2.05, 4.69) is 21.2 Å². The second kappa shape index (κ2) is 9.33. The molecule has 1 amide bonds. The van der Waals surface area contributed by atoms with E-state index in [0.29, 0.717) is 23.1 Å². The Morgan fingerprint density at radius 3 is 2.15 bits per heavy atom. The number of nitrogens with one attached hydrogen (secondary N) is 1. The van der Waals surface area contributed by atoms with E-state index >= 15 is 0 Å². The van der Waals surface area contributed by atoms with Crippen LogP contribution in [0.1, 0.15) is 21.5 Å². The van der Waals surface area contributed by atoms with E-state index in [0.717, 1.165) is 18.4 Å². The van der Waals surface area contributed by atoms with Gasteiger partial charge in [0.25, 0.3) is 11.5 Å². The van der Waals surface area contributed by atoms with Gasteiger partial charge in [0.05, 0.1) is 10.0 Å². The van der Waals surface area contributed by atoms with Gasteiger partial charge in [-0.25, -0.2) is 0 Å². The van der Waals surface area contributed by atoms with Crippen molar-refractivity contribution in [3.63, 3.8) is 0 Å². The van der Waals surface area contributed by atoms with E-state index in [9.17, 15) is 9.59 Å². The standard InChI is InChI=1S/C22H21BrN2O2/c23-20-15-19(21(26)24-13-11-17-7-3-1-4-8-17)16-25(22(20)27)14-12-18-9-5-2-6-10-18/h1-10,15-16H,11-14H2,(H,24,26). The Balaban J connectivity index is 1.65. The van der Waals surface area contributed by atoms with Crippen LogP contribution in [0.3, 0.4) is 0 Å². The molecule has 2 aromatic carbocycles. The van der Waals surface area contributed by atoms with E-state index in [1.165, 1.54) is 5.56 Å². The molecule has 0 fully saturated rings. The molecule has 5 heteroatoms. The topological polar surface area (TPSA) is 51.1 Å². The highest BCUT2D eigenvalue weighted by Gasteiger charge is 2.11. The minimum Gasteiger partial charge on any atom is -0.352 e. The molecule has 0 atom stereocenters. The zero-order valence-electron chi connectivity index (χ0n) is 14.9. The maximum Gasteiger partial charge on any atom is 0.264 e. The monoisotopic (exact) mass is 424 g/mol. The van der Waals surface area contributed by atoms with Gasteiger partial charge in [0.15, 0.2) is 0 Å². The molecule has 0 saturated carbocycles. The number of pyridine rings is 1. The molecule has 1 heterocycles. The van der Waals surface area contributed by atoms with Gasteiger partial charge in [0, 0.05) is 19.3 Å². The van der Waals surface area contributed by atoms with Crippen molar-refractivity contribution in [3.05, 3.63) is 104 Å². The number of hydrogen-bond acceptors (Lipinski definition) is 2. The van der Waals surface area contributed by atoms with E-state index in [1.807, 2.05) is 60.7 Å². The van der Waals surface area contributed by atoms with Crippen LogP contribution in [0.4, 0.5) is 0 Å². The molecule has 3 aromatic rings. The third-order valence-corrected chi connectivity index (χ3v) is 4.90. The number of carbonyl (C=O) groups is 1. The van der Waals surface area contributed by atoms with Crippen LogP contribution in [0.2, 0.25) is 0 Å². The fourth-order valence-electron chi connectivity index (χ4n) is 2.85. The second-order valence-corrected chi connectivity index (χ2v) is 7.16. The summed E-state index contributed by atoms with van der Waals surface area (Å²) in [6.45, 7) is 1.07. The van der Waals surface area contributed by atoms with Crippen molar-refractivity contribution in [2.45, 2.75) is 19.4 Å². The normalized spacial score (nSPS) is 10.6. The quantitative estimate of drug-likeness (QED) is 0.626. The van der Waals surface area contributed by atoms with Crippen molar-refractivity contribution in [3.8, 4) is 0 Å². The number of aromatic nitrogens is 1. The summed E-state index contributed by atoms with van der Waals surface area (Å²) in [7, 11) is 0. The van der Waals surface area contributed by atoms with E-state index in [4.69, 9.17) is 0 Å². The molecule has 3 rings (SSSR count). The molecule has 0 aliphatic carbocycles. The predicted molar refractivity (Wildman–Crippen MR) is 111 cm³/mol. The molecule has 0 unspecified atom stereocenters. The summed E-state index contributed by atoms with van der Waals surface area (Å²) >= 11 is 3.28. The van der Waals surface area contributed by atoms with Gasteiger partial charge in [-0.2, -0.15) is 0 Å². The predicted octanol–water partition coefficient (Wildman–Crippen LogP) is 3.83. The van der Waals surface area contributed by atoms with Crippen molar-refractivity contribution in [2.75, 3.05) is 6.54 Å². The highest BCUT2D eigenvalue weighted by Crippen LogP contribution is 2.09. The Morgan fingerprint density at radius 1 is 0.926 bits per heavy atom. The molecular formula is C22H21BrN2O2. The fourth-order valence-corrected chi connectivity index (χ4v) is 3.33. The number of nitrogens with zero attached hydrogens (tertiary/aromatic N) is 1. The lowest BCUT2D eigenvalue weighted by atomic mass is 10.1. The summed E-state index contributed by atoms with van der Waals surface area (Å²) < 4.78 is 1.98. The maximum atomic E-state index is 12.5. The van der Waals surface area contributed by atoms with Crippen molar-refractivity contribution >= 4 is 21.8 Å². The van der Waals surface area contributed by atoms with Crippen molar-refractivity contribution in [1.82, 2.24) is 9.88 Å². The molecule has 4 nitrogen and oxygen atoms in total. The lowest BCUT2D eigenvalue weighted by molar-refractivity contribution is 0.0953. The van der Waals surface area contributed by atoms with Crippen molar-refractivity contribution in [2.24, 2.45) is 0 Å². The van der Waals surface area contributed by atoms with Crippen molar-refractivity contribution in [1.29, 1.82) is 0 Å². The van der Waals surface area contributed by atoms with Crippen LogP contribution in [-0.4, -0.2) is 17.0 Å². The molecule has 0 aliphatic rings. The summed E-state index contributed by atoms with van der Waals surface area (Å²) in [4.78, 5) is 24.8. The van der Waals surface area contributed by atoms with Gasteiger partial charge in [-0.1, -0.05) is 60.7 Å². The first-order chi connectivity index (χ1) is 13.1. The minimum atomic E-state index is -0.180. The lowest BCUT2D eigenvalue weighted by Gasteiger charge is -2.10. The zero-order valence-corrected chi connectivity index (χ0v) is 16.5. The Morgan fingerprint density at radius 2 is 1.52 bits per heavy atom. The Labute approximate surface area is 167 Å². The van der Waals surface area contributed by atoms with Gasteiger partial charge >= 0.3 is 0 Å². The summed E-state index contributed by atoms with van der Waals surface area (Å²) in [6, 6.07) is 21.6. The molecule has 27 heavy (non-hydrogen) atoms. The first-order valence-electron chi connectivity index (χ1n) is 8.89. The van der Waals surface area contributed by atoms with Crippen LogP contribution in [0.15, 0.2) is 82.2 Å². The molecule has 0 spiro atoms. The molecular weight excluding hydrogens is 404 g/mol. The number of rotatable bonds is 7. The molecule has 0 bridgehead atoms. The summed E-state index contributed by atoms with van der Waals surface area (Å²) in [6.07, 6.45) is 3.13. The highest BCUT2D eigenvalue weighted by atomic mass is 79.9. The zero-order chi connectivity index (χ0) is 19.1. The van der Waals surface area contributed by atoms with Gasteiger partial charge in [-0.3, -0.25) is 9.59 Å². The Bertz CT molecular complexity index is 953. The van der Waals surface area contributed by atoms with Crippen LogP contribution in [0.25, 0.3) is 0 Å². The average Bonchev–Trinajstić information content (AvgIpc) is 2.70. The number of hydrogen-bond donors (Lipinski definition) is 1. The fraction of sp³-hybridized carbons (Fsp3) is 0.182. The Kier molecular flexibility index (Phi) is 6.60. The summed E-state index contributed by atoms with van der Waals surface area (Å²) in [5, 5.41) is 2.92. The first-order valence-corrected chi connectivity index (χ1v) is 9.69. The van der Waals surface area contributed by atoms with Crippen LogP contribution < -0.4 is 10.9 Å².